The number of rotatable bonds is 10. The molecule has 0 heterocycles. The molecule has 14 rings (SSSR count). The lowest BCUT2D eigenvalue weighted by molar-refractivity contribution is 0.536. The quantitative estimate of drug-likeness (QED) is 0.0773. The van der Waals surface area contributed by atoms with Crippen LogP contribution in [0.15, 0.2) is 266 Å². The minimum atomic E-state index is -3.36. The first-order valence-electron chi connectivity index (χ1n) is 24.0. The second kappa shape index (κ2) is 16.5. The van der Waals surface area contributed by atoms with Gasteiger partial charge in [-0.05, 0) is 83.6 Å². The third-order valence-electron chi connectivity index (χ3n) is 14.9. The maximum Gasteiger partial charge on any atom is 0.346 e. The Labute approximate surface area is 400 Å². The Balaban J connectivity index is 1.22. The average Bonchev–Trinajstić information content (AvgIpc) is 3.43. The third kappa shape index (κ3) is 6.21. The summed E-state index contributed by atoms with van der Waals surface area (Å²) in [7, 11) is -6.72. The molecule has 4 aliphatic rings. The summed E-state index contributed by atoms with van der Waals surface area (Å²) in [6.07, 6.45) is 6.85. The maximum absolute atomic E-state index is 8.56. The van der Waals surface area contributed by atoms with Gasteiger partial charge in [-0.3, -0.25) is 0 Å². The molecule has 0 fully saturated rings. The van der Waals surface area contributed by atoms with Crippen LogP contribution in [0.1, 0.15) is 46.9 Å². The van der Waals surface area contributed by atoms with Crippen molar-refractivity contribution in [3.05, 3.63) is 288 Å². The molecule has 2 unspecified atom stereocenters. The smallest absolute Gasteiger partial charge is 0.346 e. The van der Waals surface area contributed by atoms with E-state index in [9.17, 15) is 0 Å². The zero-order chi connectivity index (χ0) is 45.1. The predicted octanol–water partition coefficient (Wildman–Crippen LogP) is 11.3. The standard InChI is InChI=1S/C64H48O2Si2/c1-7-27-47(28-8-1)67(48-29-9-2-10-30-48,49-31-11-3-12-32-49)65-63-57-43-45-25-19-20-26-46(45)44-58(57)64(62-60-55-41-23-21-39-53(55)59(61(62)63)54-40-22-24-42-56(54)60)66-68(50-33-13-4-14-34-50,51-35-15-5-16-36-51)52-37-17-6-18-38-52/h1-23,25-41,43-44,59-60H,24,42H2. The normalized spacial score (nSPS) is 16.0. The van der Waals surface area contributed by atoms with Gasteiger partial charge in [0.05, 0.1) is 0 Å². The predicted molar refractivity (Wildman–Crippen MR) is 286 cm³/mol. The Morgan fingerprint density at radius 1 is 0.353 bits per heavy atom. The Bertz CT molecular complexity index is 3360. The molecular formula is C64H48O2Si2. The topological polar surface area (TPSA) is 18.5 Å². The molecule has 2 bridgehead atoms. The summed E-state index contributed by atoms with van der Waals surface area (Å²) in [5.41, 5.74) is 8.12. The van der Waals surface area contributed by atoms with Gasteiger partial charge in [-0.25, -0.2) is 0 Å². The van der Waals surface area contributed by atoms with Gasteiger partial charge in [0.2, 0.25) is 0 Å². The SMILES string of the molecule is C1=CC2=C(CC1)C1c3ccccc3C2c2c1c(O[Si](c1ccccc1)(c1ccccc1)c1ccccc1)c1cc3ccccc3cc1c2O[Si](c1ccccc1)(c1ccccc1)c1ccccc1. The van der Waals surface area contributed by atoms with E-state index < -0.39 is 16.6 Å². The van der Waals surface area contributed by atoms with Crippen molar-refractivity contribution in [2.75, 3.05) is 0 Å². The Hall–Kier alpha value is -7.77. The fraction of sp³-hybridized carbons (Fsp3) is 0.0625. The minimum Gasteiger partial charge on any atom is -0.530 e. The van der Waals surface area contributed by atoms with Crippen LogP contribution in [-0.4, -0.2) is 16.6 Å². The van der Waals surface area contributed by atoms with E-state index in [4.69, 9.17) is 8.85 Å². The summed E-state index contributed by atoms with van der Waals surface area (Å²) >= 11 is 0. The van der Waals surface area contributed by atoms with Gasteiger partial charge in [0.15, 0.2) is 0 Å². The first-order chi connectivity index (χ1) is 33.7. The summed E-state index contributed by atoms with van der Waals surface area (Å²) in [6.45, 7) is 0. The van der Waals surface area contributed by atoms with E-state index in [1.165, 1.54) is 75.3 Å². The maximum atomic E-state index is 8.56. The summed E-state index contributed by atoms with van der Waals surface area (Å²) in [4.78, 5) is 0. The van der Waals surface area contributed by atoms with Gasteiger partial charge >= 0.3 is 16.6 Å². The van der Waals surface area contributed by atoms with Crippen molar-refractivity contribution >= 4 is 69.3 Å². The van der Waals surface area contributed by atoms with Crippen LogP contribution in [0.4, 0.5) is 0 Å². The summed E-state index contributed by atoms with van der Waals surface area (Å²) in [5, 5.41) is 11.7. The van der Waals surface area contributed by atoms with E-state index in [1.54, 1.807) is 0 Å². The fourth-order valence-electron chi connectivity index (χ4n) is 12.0. The highest BCUT2D eigenvalue weighted by Gasteiger charge is 2.52. The van der Waals surface area contributed by atoms with Crippen molar-refractivity contribution in [1.29, 1.82) is 0 Å². The molecule has 4 aliphatic carbocycles. The van der Waals surface area contributed by atoms with Crippen molar-refractivity contribution in [2.24, 2.45) is 0 Å². The number of allylic oxidation sites excluding steroid dienone is 4. The van der Waals surface area contributed by atoms with Crippen LogP contribution in [-0.2, 0) is 0 Å². The second-order valence-electron chi connectivity index (χ2n) is 18.4. The van der Waals surface area contributed by atoms with Crippen LogP contribution in [0.25, 0.3) is 21.5 Å². The van der Waals surface area contributed by atoms with Crippen molar-refractivity contribution in [3.63, 3.8) is 0 Å². The third-order valence-corrected chi connectivity index (χ3v) is 22.7. The lowest BCUT2D eigenvalue weighted by Crippen LogP contribution is -2.72. The number of hydrogen-bond acceptors (Lipinski definition) is 2. The van der Waals surface area contributed by atoms with Crippen molar-refractivity contribution in [2.45, 2.75) is 24.7 Å². The van der Waals surface area contributed by atoms with Crippen molar-refractivity contribution in [3.8, 4) is 11.5 Å². The Kier molecular flexibility index (Phi) is 9.85. The molecule has 0 amide bonds. The van der Waals surface area contributed by atoms with E-state index >= 15 is 0 Å². The lowest BCUT2D eigenvalue weighted by Gasteiger charge is -2.47. The molecule has 0 radical (unpaired) electrons. The zero-order valence-electron chi connectivity index (χ0n) is 37.6. The lowest BCUT2D eigenvalue weighted by atomic mass is 9.58. The van der Waals surface area contributed by atoms with Crippen LogP contribution in [0.5, 0.6) is 11.5 Å². The molecule has 10 aromatic carbocycles. The molecule has 0 aliphatic heterocycles. The first kappa shape index (κ1) is 40.5. The fourth-order valence-corrected chi connectivity index (χ4v) is 19.7. The van der Waals surface area contributed by atoms with Crippen molar-refractivity contribution < 1.29 is 8.85 Å². The number of fused-ring (bicyclic) bond motifs is 2. The Morgan fingerprint density at radius 3 is 1.06 bits per heavy atom. The Morgan fingerprint density at radius 2 is 0.676 bits per heavy atom. The molecule has 0 saturated heterocycles. The zero-order valence-corrected chi connectivity index (χ0v) is 39.6. The molecule has 2 nitrogen and oxygen atoms in total. The van der Waals surface area contributed by atoms with Crippen LogP contribution in [0.3, 0.4) is 0 Å². The largest absolute Gasteiger partial charge is 0.530 e. The van der Waals surface area contributed by atoms with Crippen LogP contribution in [0, 0.1) is 0 Å². The van der Waals surface area contributed by atoms with Gasteiger partial charge in [0.1, 0.15) is 11.5 Å². The van der Waals surface area contributed by atoms with Gasteiger partial charge in [-0.2, -0.15) is 0 Å². The first-order valence-corrected chi connectivity index (χ1v) is 27.8. The van der Waals surface area contributed by atoms with E-state index in [0.717, 1.165) is 35.1 Å². The second-order valence-corrected chi connectivity index (χ2v) is 25.0. The van der Waals surface area contributed by atoms with Crippen LogP contribution in [0.2, 0.25) is 0 Å². The van der Waals surface area contributed by atoms with E-state index in [0.29, 0.717) is 0 Å². The average molecular weight is 905 g/mol. The number of benzene rings is 10. The molecule has 324 valence electrons. The molecule has 2 atom stereocenters. The van der Waals surface area contributed by atoms with E-state index in [1.807, 2.05) is 0 Å². The summed E-state index contributed by atoms with van der Waals surface area (Å²) < 4.78 is 17.1. The van der Waals surface area contributed by atoms with Gasteiger partial charge < -0.3 is 8.85 Å². The highest BCUT2D eigenvalue weighted by atomic mass is 28.4. The molecule has 10 aromatic rings. The highest BCUT2D eigenvalue weighted by Crippen LogP contribution is 2.64. The molecular weight excluding hydrogens is 857 g/mol. The number of hydrogen-bond donors (Lipinski definition) is 0. The minimum absolute atomic E-state index is 0.0327. The molecule has 4 heteroatoms. The molecule has 68 heavy (non-hydrogen) atoms. The van der Waals surface area contributed by atoms with E-state index in [-0.39, 0.29) is 11.8 Å². The summed E-state index contributed by atoms with van der Waals surface area (Å²) in [6, 6.07) is 89.2. The van der Waals surface area contributed by atoms with Crippen LogP contribution < -0.4 is 40.0 Å². The molecule has 0 aromatic heterocycles. The van der Waals surface area contributed by atoms with Gasteiger partial charge in [0, 0.05) is 33.7 Å². The summed E-state index contributed by atoms with van der Waals surface area (Å²) in [5.74, 6) is 1.82. The van der Waals surface area contributed by atoms with Gasteiger partial charge in [0.25, 0.3) is 0 Å². The molecule has 0 N–H and O–H groups in total. The monoisotopic (exact) mass is 904 g/mol. The van der Waals surface area contributed by atoms with Gasteiger partial charge in [-0.1, -0.05) is 248 Å². The van der Waals surface area contributed by atoms with Crippen molar-refractivity contribution in [1.82, 2.24) is 0 Å². The van der Waals surface area contributed by atoms with Crippen LogP contribution >= 0.6 is 0 Å². The van der Waals surface area contributed by atoms with Gasteiger partial charge in [-0.15, -0.1) is 0 Å². The highest BCUT2D eigenvalue weighted by molar-refractivity contribution is 7.08. The molecule has 0 spiro atoms. The van der Waals surface area contributed by atoms with E-state index in [2.05, 4.69) is 255 Å². The molecule has 0 saturated carbocycles.